The molecular weight excluding hydrogens is 258 g/mol. The Labute approximate surface area is 105 Å². The van der Waals surface area contributed by atoms with E-state index in [0.717, 1.165) is 0 Å². The van der Waals surface area contributed by atoms with E-state index in [2.05, 4.69) is 10.0 Å². The van der Waals surface area contributed by atoms with Gasteiger partial charge in [0.05, 0.1) is 13.7 Å². The van der Waals surface area contributed by atoms with Gasteiger partial charge in [-0.25, -0.2) is 13.1 Å². The van der Waals surface area contributed by atoms with Gasteiger partial charge in [0.1, 0.15) is 10.6 Å². The average molecular weight is 273 g/mol. The summed E-state index contributed by atoms with van der Waals surface area (Å²) in [4.78, 5) is 10.9. The lowest BCUT2D eigenvalue weighted by Crippen LogP contribution is -2.35. The van der Waals surface area contributed by atoms with Gasteiger partial charge in [-0.05, 0) is 18.2 Å². The van der Waals surface area contributed by atoms with Gasteiger partial charge in [0.2, 0.25) is 15.9 Å². The fourth-order valence-corrected chi connectivity index (χ4v) is 2.41. The van der Waals surface area contributed by atoms with Crippen molar-refractivity contribution in [2.24, 2.45) is 0 Å². The highest BCUT2D eigenvalue weighted by Crippen LogP contribution is 2.25. The Morgan fingerprint density at radius 3 is 2.67 bits per heavy atom. The van der Waals surface area contributed by atoms with E-state index in [0.29, 0.717) is 0 Å². The van der Waals surface area contributed by atoms with E-state index >= 15 is 0 Å². The summed E-state index contributed by atoms with van der Waals surface area (Å²) in [6.07, 6.45) is 0. The van der Waals surface area contributed by atoms with Crippen molar-refractivity contribution in [2.75, 3.05) is 26.4 Å². The Morgan fingerprint density at radius 2 is 2.11 bits per heavy atom. The molecule has 0 heterocycles. The highest BCUT2D eigenvalue weighted by atomic mass is 32.2. The van der Waals surface area contributed by atoms with E-state index in [1.54, 1.807) is 0 Å². The first-order valence-electron chi connectivity index (χ1n) is 5.04. The summed E-state index contributed by atoms with van der Waals surface area (Å²) in [6, 6.07) is 4.24. The molecule has 18 heavy (non-hydrogen) atoms. The van der Waals surface area contributed by atoms with Crippen molar-refractivity contribution in [2.45, 2.75) is 4.90 Å². The van der Waals surface area contributed by atoms with Gasteiger partial charge < -0.3 is 15.8 Å². The number of amides is 1. The zero-order valence-electron chi connectivity index (χ0n) is 10.1. The summed E-state index contributed by atoms with van der Waals surface area (Å²) in [5.41, 5.74) is 5.82. The molecule has 0 spiro atoms. The smallest absolute Gasteiger partial charge is 0.244 e. The van der Waals surface area contributed by atoms with E-state index < -0.39 is 15.9 Å². The molecule has 0 unspecified atom stereocenters. The van der Waals surface area contributed by atoms with Gasteiger partial charge >= 0.3 is 0 Å². The molecule has 4 N–H and O–H groups in total. The number of likely N-dealkylation sites (N-methyl/N-ethyl adjacent to an activating group) is 1. The second kappa shape index (κ2) is 5.69. The number of carbonyl (C=O) groups is 1. The maximum absolute atomic E-state index is 12.0. The van der Waals surface area contributed by atoms with Crippen molar-refractivity contribution in [1.82, 2.24) is 10.0 Å². The Morgan fingerprint density at radius 1 is 1.44 bits per heavy atom. The second-order valence-electron chi connectivity index (χ2n) is 3.41. The van der Waals surface area contributed by atoms with Gasteiger partial charge in [-0.3, -0.25) is 4.79 Å². The number of ether oxygens (including phenoxy) is 1. The SMILES string of the molecule is CNC(=O)CNS(=O)(=O)c1cc(N)ccc1OC. The Balaban J connectivity index is 3.04. The maximum atomic E-state index is 12.0. The average Bonchev–Trinajstić information content (AvgIpc) is 2.36. The topological polar surface area (TPSA) is 111 Å². The van der Waals surface area contributed by atoms with E-state index in [1.165, 1.54) is 32.4 Å². The molecule has 0 saturated heterocycles. The highest BCUT2D eigenvalue weighted by Gasteiger charge is 2.20. The van der Waals surface area contributed by atoms with Crippen molar-refractivity contribution < 1.29 is 17.9 Å². The molecule has 0 aliphatic heterocycles. The van der Waals surface area contributed by atoms with Crippen LogP contribution in [0.5, 0.6) is 5.75 Å². The maximum Gasteiger partial charge on any atom is 0.244 e. The van der Waals surface area contributed by atoms with Crippen LogP contribution in [0.3, 0.4) is 0 Å². The Kier molecular flexibility index (Phi) is 4.51. The summed E-state index contributed by atoms with van der Waals surface area (Å²) in [5.74, 6) is -0.282. The van der Waals surface area contributed by atoms with Gasteiger partial charge in [0, 0.05) is 12.7 Å². The molecule has 100 valence electrons. The van der Waals surface area contributed by atoms with Crippen LogP contribution in [0.4, 0.5) is 5.69 Å². The quantitative estimate of drug-likeness (QED) is 0.614. The molecule has 1 rings (SSSR count). The van der Waals surface area contributed by atoms with Crippen LogP contribution < -0.4 is 20.5 Å². The number of hydrogen-bond acceptors (Lipinski definition) is 5. The molecule has 1 amide bonds. The lowest BCUT2D eigenvalue weighted by molar-refractivity contribution is -0.119. The predicted octanol–water partition coefficient (Wildman–Crippen LogP) is -0.698. The number of methoxy groups -OCH3 is 1. The number of anilines is 1. The number of nitrogen functional groups attached to an aromatic ring is 1. The van der Waals surface area contributed by atoms with Crippen molar-refractivity contribution in [3.8, 4) is 5.75 Å². The number of nitrogens with two attached hydrogens (primary N) is 1. The minimum absolute atomic E-state index is 0.103. The third kappa shape index (κ3) is 3.34. The van der Waals surface area contributed by atoms with E-state index in [-0.39, 0.29) is 22.9 Å². The minimum Gasteiger partial charge on any atom is -0.495 e. The van der Waals surface area contributed by atoms with Crippen LogP contribution in [0, 0.1) is 0 Å². The minimum atomic E-state index is -3.85. The lowest BCUT2D eigenvalue weighted by Gasteiger charge is -2.10. The van der Waals surface area contributed by atoms with Gasteiger partial charge in [-0.1, -0.05) is 0 Å². The molecule has 1 aromatic rings. The van der Waals surface area contributed by atoms with Crippen molar-refractivity contribution in [3.05, 3.63) is 18.2 Å². The number of sulfonamides is 1. The molecule has 1 aromatic carbocycles. The van der Waals surface area contributed by atoms with Gasteiger partial charge in [-0.15, -0.1) is 0 Å². The third-order valence-corrected chi connectivity index (χ3v) is 3.60. The molecule has 0 aliphatic carbocycles. The van der Waals surface area contributed by atoms with Crippen LogP contribution in [-0.4, -0.2) is 35.0 Å². The van der Waals surface area contributed by atoms with Crippen LogP contribution in [0.2, 0.25) is 0 Å². The van der Waals surface area contributed by atoms with E-state index in [1.807, 2.05) is 0 Å². The molecule has 8 heteroatoms. The van der Waals surface area contributed by atoms with Crippen LogP contribution in [0.15, 0.2) is 23.1 Å². The largest absolute Gasteiger partial charge is 0.495 e. The van der Waals surface area contributed by atoms with E-state index in [4.69, 9.17) is 10.5 Å². The third-order valence-electron chi connectivity index (χ3n) is 2.18. The molecule has 0 bridgehead atoms. The van der Waals surface area contributed by atoms with Crippen LogP contribution in [0.25, 0.3) is 0 Å². The summed E-state index contributed by atoms with van der Waals surface area (Å²) < 4.78 is 31.0. The summed E-state index contributed by atoms with van der Waals surface area (Å²) in [5, 5.41) is 2.31. The lowest BCUT2D eigenvalue weighted by atomic mass is 10.3. The van der Waals surface area contributed by atoms with Crippen molar-refractivity contribution in [1.29, 1.82) is 0 Å². The number of rotatable bonds is 5. The predicted molar refractivity (Wildman–Crippen MR) is 66.7 cm³/mol. The molecule has 0 aliphatic rings. The molecular formula is C10H15N3O4S. The molecule has 0 fully saturated rings. The highest BCUT2D eigenvalue weighted by molar-refractivity contribution is 7.89. The molecule has 7 nitrogen and oxygen atoms in total. The van der Waals surface area contributed by atoms with Gasteiger partial charge in [-0.2, -0.15) is 0 Å². The molecule has 0 atom stereocenters. The first kappa shape index (κ1) is 14.3. The first-order valence-corrected chi connectivity index (χ1v) is 6.53. The number of nitrogens with one attached hydrogen (secondary N) is 2. The van der Waals surface area contributed by atoms with Crippen molar-refractivity contribution >= 4 is 21.6 Å². The second-order valence-corrected chi connectivity index (χ2v) is 5.14. The van der Waals surface area contributed by atoms with Crippen LogP contribution >= 0.6 is 0 Å². The van der Waals surface area contributed by atoms with Gasteiger partial charge in [0.15, 0.2) is 0 Å². The standard InChI is InChI=1S/C10H15N3O4S/c1-12-10(14)6-13-18(15,16)9-5-7(11)3-4-8(9)17-2/h3-5,13H,6,11H2,1-2H3,(H,12,14). The normalized spacial score (nSPS) is 11.0. The molecule has 0 aromatic heterocycles. The first-order chi connectivity index (χ1) is 8.40. The molecule has 0 radical (unpaired) electrons. The van der Waals surface area contributed by atoms with Crippen LogP contribution in [0.1, 0.15) is 0 Å². The number of hydrogen-bond donors (Lipinski definition) is 3. The zero-order chi connectivity index (χ0) is 13.8. The Hall–Kier alpha value is -1.80. The fourth-order valence-electron chi connectivity index (χ4n) is 1.23. The monoisotopic (exact) mass is 273 g/mol. The summed E-state index contributed by atoms with van der Waals surface area (Å²) in [6.45, 7) is -0.350. The fraction of sp³-hybridized carbons (Fsp3) is 0.300. The van der Waals surface area contributed by atoms with Crippen LogP contribution in [-0.2, 0) is 14.8 Å². The summed E-state index contributed by atoms with van der Waals surface area (Å²) in [7, 11) is -1.08. The van der Waals surface area contributed by atoms with Crippen molar-refractivity contribution in [3.63, 3.8) is 0 Å². The number of carbonyl (C=O) groups excluding carboxylic acids is 1. The number of benzene rings is 1. The zero-order valence-corrected chi connectivity index (χ0v) is 10.9. The van der Waals surface area contributed by atoms with E-state index in [9.17, 15) is 13.2 Å². The molecule has 0 saturated carbocycles. The summed E-state index contributed by atoms with van der Waals surface area (Å²) >= 11 is 0. The van der Waals surface area contributed by atoms with Gasteiger partial charge in [0.25, 0.3) is 0 Å². The Bertz CT molecular complexity index is 542.